The number of hydrogen-bond donors (Lipinski definition) is 0. The first-order chi connectivity index (χ1) is 8.33. The van der Waals surface area contributed by atoms with Crippen molar-refractivity contribution in [2.24, 2.45) is 0 Å². The Morgan fingerprint density at radius 3 is 2.65 bits per heavy atom. The zero-order valence-electron chi connectivity index (χ0n) is 9.68. The topological polar surface area (TPSA) is 35.5 Å². The van der Waals surface area contributed by atoms with Crippen LogP contribution in [0.5, 0.6) is 0 Å². The van der Waals surface area contributed by atoms with Gasteiger partial charge >= 0.3 is 5.97 Å². The van der Waals surface area contributed by atoms with Gasteiger partial charge in [-0.1, -0.05) is 36.4 Å². The summed E-state index contributed by atoms with van der Waals surface area (Å²) in [4.78, 5) is 11.9. The SMILES string of the molecule is COCCOC(=O)c1cccc2ccccc12. The highest BCUT2D eigenvalue weighted by molar-refractivity contribution is 6.04. The van der Waals surface area contributed by atoms with Crippen molar-refractivity contribution in [2.45, 2.75) is 0 Å². The summed E-state index contributed by atoms with van der Waals surface area (Å²) < 4.78 is 9.95. The van der Waals surface area contributed by atoms with Crippen LogP contribution in [0, 0.1) is 0 Å². The van der Waals surface area contributed by atoms with Crippen molar-refractivity contribution >= 4 is 16.7 Å². The van der Waals surface area contributed by atoms with Gasteiger partial charge in [0.1, 0.15) is 6.61 Å². The predicted molar refractivity (Wildman–Crippen MR) is 66.1 cm³/mol. The Balaban J connectivity index is 2.26. The molecule has 0 aliphatic rings. The van der Waals surface area contributed by atoms with E-state index in [0.29, 0.717) is 12.2 Å². The lowest BCUT2D eigenvalue weighted by Crippen LogP contribution is -2.10. The second-order valence-electron chi connectivity index (χ2n) is 3.66. The fourth-order valence-electron chi connectivity index (χ4n) is 1.70. The van der Waals surface area contributed by atoms with Gasteiger partial charge < -0.3 is 9.47 Å². The van der Waals surface area contributed by atoms with Crippen LogP contribution in [0.4, 0.5) is 0 Å². The number of fused-ring (bicyclic) bond motifs is 1. The van der Waals surface area contributed by atoms with Gasteiger partial charge in [-0.05, 0) is 16.8 Å². The van der Waals surface area contributed by atoms with Crippen molar-refractivity contribution in [3.63, 3.8) is 0 Å². The zero-order valence-corrected chi connectivity index (χ0v) is 9.68. The second kappa shape index (κ2) is 5.46. The van der Waals surface area contributed by atoms with Crippen molar-refractivity contribution in [1.29, 1.82) is 0 Å². The molecule has 0 radical (unpaired) electrons. The average molecular weight is 230 g/mol. The van der Waals surface area contributed by atoms with Crippen LogP contribution < -0.4 is 0 Å². The van der Waals surface area contributed by atoms with E-state index in [1.165, 1.54) is 0 Å². The van der Waals surface area contributed by atoms with Gasteiger partial charge in [0.2, 0.25) is 0 Å². The van der Waals surface area contributed by atoms with Crippen LogP contribution in [0.3, 0.4) is 0 Å². The van der Waals surface area contributed by atoms with E-state index >= 15 is 0 Å². The molecule has 0 saturated heterocycles. The molecule has 0 aliphatic heterocycles. The molecule has 0 N–H and O–H groups in total. The fourth-order valence-corrected chi connectivity index (χ4v) is 1.70. The first-order valence-electron chi connectivity index (χ1n) is 5.47. The van der Waals surface area contributed by atoms with Crippen molar-refractivity contribution in [1.82, 2.24) is 0 Å². The second-order valence-corrected chi connectivity index (χ2v) is 3.66. The molecule has 2 aromatic carbocycles. The molecule has 0 amide bonds. The van der Waals surface area contributed by atoms with Crippen LogP contribution >= 0.6 is 0 Å². The molecule has 0 fully saturated rings. The van der Waals surface area contributed by atoms with Crippen molar-refractivity contribution in [3.05, 3.63) is 48.0 Å². The van der Waals surface area contributed by atoms with Gasteiger partial charge in [0, 0.05) is 7.11 Å². The molecular formula is C14H14O3. The van der Waals surface area contributed by atoms with E-state index in [1.54, 1.807) is 13.2 Å². The normalized spacial score (nSPS) is 10.4. The highest BCUT2D eigenvalue weighted by atomic mass is 16.6. The molecule has 0 saturated carbocycles. The molecule has 0 bridgehead atoms. The van der Waals surface area contributed by atoms with Crippen molar-refractivity contribution in [3.8, 4) is 0 Å². The van der Waals surface area contributed by atoms with Crippen LogP contribution in [0.1, 0.15) is 10.4 Å². The average Bonchev–Trinajstić information content (AvgIpc) is 2.38. The third kappa shape index (κ3) is 2.63. The number of hydrogen-bond acceptors (Lipinski definition) is 3. The number of carbonyl (C=O) groups excluding carboxylic acids is 1. The molecule has 88 valence electrons. The summed E-state index contributed by atoms with van der Waals surface area (Å²) in [5.74, 6) is -0.307. The minimum Gasteiger partial charge on any atom is -0.460 e. The van der Waals surface area contributed by atoms with Crippen LogP contribution in [-0.2, 0) is 9.47 Å². The largest absolute Gasteiger partial charge is 0.460 e. The quantitative estimate of drug-likeness (QED) is 0.598. The highest BCUT2D eigenvalue weighted by Gasteiger charge is 2.10. The van der Waals surface area contributed by atoms with Gasteiger partial charge in [0.25, 0.3) is 0 Å². The maximum absolute atomic E-state index is 11.9. The smallest absolute Gasteiger partial charge is 0.338 e. The number of methoxy groups -OCH3 is 1. The summed E-state index contributed by atoms with van der Waals surface area (Å²) >= 11 is 0. The lowest BCUT2D eigenvalue weighted by Gasteiger charge is -2.06. The number of carbonyl (C=O) groups is 1. The van der Waals surface area contributed by atoms with E-state index in [0.717, 1.165) is 10.8 Å². The third-order valence-electron chi connectivity index (χ3n) is 2.53. The Morgan fingerprint density at radius 2 is 1.82 bits per heavy atom. The van der Waals surface area contributed by atoms with E-state index in [2.05, 4.69) is 0 Å². The molecule has 0 spiro atoms. The van der Waals surface area contributed by atoms with Gasteiger partial charge in [0.15, 0.2) is 0 Å². The molecule has 3 heteroatoms. The number of benzene rings is 2. The predicted octanol–water partition coefficient (Wildman–Crippen LogP) is 2.64. The molecule has 0 aromatic heterocycles. The van der Waals surface area contributed by atoms with Gasteiger partial charge in [0.05, 0.1) is 12.2 Å². The highest BCUT2D eigenvalue weighted by Crippen LogP contribution is 2.19. The minimum atomic E-state index is -0.307. The first-order valence-corrected chi connectivity index (χ1v) is 5.47. The summed E-state index contributed by atoms with van der Waals surface area (Å²) in [5, 5.41) is 1.95. The fraction of sp³-hybridized carbons (Fsp3) is 0.214. The van der Waals surface area contributed by atoms with Gasteiger partial charge in [-0.3, -0.25) is 0 Å². The van der Waals surface area contributed by atoms with Crippen LogP contribution in [0.25, 0.3) is 10.8 Å². The Kier molecular flexibility index (Phi) is 3.73. The first kappa shape index (κ1) is 11.6. The Hall–Kier alpha value is -1.87. The van der Waals surface area contributed by atoms with E-state index < -0.39 is 0 Å². The monoisotopic (exact) mass is 230 g/mol. The lowest BCUT2D eigenvalue weighted by molar-refractivity contribution is 0.0390. The number of esters is 1. The van der Waals surface area contributed by atoms with E-state index in [9.17, 15) is 4.79 Å². The van der Waals surface area contributed by atoms with Crippen molar-refractivity contribution < 1.29 is 14.3 Å². The lowest BCUT2D eigenvalue weighted by atomic mass is 10.1. The van der Waals surface area contributed by atoms with Crippen LogP contribution in [0.2, 0.25) is 0 Å². The molecule has 0 aliphatic carbocycles. The third-order valence-corrected chi connectivity index (χ3v) is 2.53. The summed E-state index contributed by atoms with van der Waals surface area (Å²) in [7, 11) is 1.58. The summed E-state index contributed by atoms with van der Waals surface area (Å²) in [5.41, 5.74) is 0.596. The number of rotatable bonds is 4. The summed E-state index contributed by atoms with van der Waals surface area (Å²) in [6.45, 7) is 0.690. The summed E-state index contributed by atoms with van der Waals surface area (Å²) in [6, 6.07) is 13.4. The molecule has 2 rings (SSSR count). The molecule has 0 atom stereocenters. The molecular weight excluding hydrogens is 216 g/mol. The number of ether oxygens (including phenoxy) is 2. The van der Waals surface area contributed by atoms with E-state index in [1.807, 2.05) is 36.4 Å². The van der Waals surface area contributed by atoms with E-state index in [-0.39, 0.29) is 12.6 Å². The maximum Gasteiger partial charge on any atom is 0.338 e. The van der Waals surface area contributed by atoms with Gasteiger partial charge in [-0.25, -0.2) is 4.79 Å². The molecule has 0 unspecified atom stereocenters. The van der Waals surface area contributed by atoms with Gasteiger partial charge in [-0.15, -0.1) is 0 Å². The maximum atomic E-state index is 11.9. The molecule has 3 nitrogen and oxygen atoms in total. The Labute approximate surface area is 100.0 Å². The summed E-state index contributed by atoms with van der Waals surface area (Å²) in [6.07, 6.45) is 0. The zero-order chi connectivity index (χ0) is 12.1. The molecule has 17 heavy (non-hydrogen) atoms. The standard InChI is InChI=1S/C14H14O3/c1-16-9-10-17-14(15)13-8-4-6-11-5-2-3-7-12(11)13/h2-8H,9-10H2,1H3. The van der Waals surface area contributed by atoms with Crippen molar-refractivity contribution in [2.75, 3.05) is 20.3 Å². The Bertz CT molecular complexity index is 514. The van der Waals surface area contributed by atoms with Crippen LogP contribution in [0.15, 0.2) is 42.5 Å². The molecule has 0 heterocycles. The van der Waals surface area contributed by atoms with Crippen LogP contribution in [-0.4, -0.2) is 26.3 Å². The molecule has 2 aromatic rings. The van der Waals surface area contributed by atoms with E-state index in [4.69, 9.17) is 9.47 Å². The van der Waals surface area contributed by atoms with Gasteiger partial charge in [-0.2, -0.15) is 0 Å². The Morgan fingerprint density at radius 1 is 1.06 bits per heavy atom. The minimum absolute atomic E-state index is 0.276.